The van der Waals surface area contributed by atoms with Gasteiger partial charge >= 0.3 is 5.97 Å². The molecule has 0 saturated heterocycles. The number of fused-ring (bicyclic) bond motifs is 1. The maximum Gasteiger partial charge on any atom is 0.358 e. The summed E-state index contributed by atoms with van der Waals surface area (Å²) in [5.74, 6) is -0.638. The predicted molar refractivity (Wildman–Crippen MR) is 76.5 cm³/mol. The minimum Gasteiger partial charge on any atom is -0.464 e. The monoisotopic (exact) mass is 324 g/mol. The molecule has 22 heavy (non-hydrogen) atoms. The summed E-state index contributed by atoms with van der Waals surface area (Å²) in [6.45, 7) is 0.0882. The average molecular weight is 325 g/mol. The lowest BCUT2D eigenvalue weighted by molar-refractivity contribution is 0.0594. The highest BCUT2D eigenvalue weighted by atomic mass is 35.5. The number of ether oxygens (including phenoxy) is 3. The second-order valence-corrected chi connectivity index (χ2v) is 4.79. The van der Waals surface area contributed by atoms with Crippen molar-refractivity contribution in [1.82, 2.24) is 4.98 Å². The first-order chi connectivity index (χ1) is 10.5. The van der Waals surface area contributed by atoms with Crippen LogP contribution in [-0.2, 0) is 4.74 Å². The molecule has 1 aliphatic rings. The average Bonchev–Trinajstić information content (AvgIpc) is 2.99. The number of aromatic nitrogens is 1. The summed E-state index contributed by atoms with van der Waals surface area (Å²) in [5.41, 5.74) is 5.24. The van der Waals surface area contributed by atoms with Crippen molar-refractivity contribution in [3.63, 3.8) is 0 Å². The molecular formula is C14H10ClFN2O4. The van der Waals surface area contributed by atoms with E-state index in [1.807, 2.05) is 0 Å². The Hall–Kier alpha value is -2.54. The lowest BCUT2D eigenvalue weighted by Crippen LogP contribution is -2.10. The molecule has 0 amide bonds. The van der Waals surface area contributed by atoms with E-state index in [2.05, 4.69) is 9.72 Å². The van der Waals surface area contributed by atoms with Gasteiger partial charge in [-0.25, -0.2) is 14.2 Å². The Bertz CT molecular complexity index is 782. The molecular weight excluding hydrogens is 315 g/mol. The van der Waals surface area contributed by atoms with Gasteiger partial charge in [-0.3, -0.25) is 0 Å². The number of esters is 1. The number of anilines is 1. The summed E-state index contributed by atoms with van der Waals surface area (Å²) in [7, 11) is 1.17. The molecule has 2 aromatic rings. The van der Waals surface area contributed by atoms with Gasteiger partial charge in [0.15, 0.2) is 23.0 Å². The number of halogens is 2. The summed E-state index contributed by atoms with van der Waals surface area (Å²) in [4.78, 5) is 15.6. The fraction of sp³-hybridized carbons (Fsp3) is 0.143. The largest absolute Gasteiger partial charge is 0.464 e. The van der Waals surface area contributed by atoms with E-state index in [9.17, 15) is 9.18 Å². The maximum atomic E-state index is 14.4. The highest BCUT2D eigenvalue weighted by Crippen LogP contribution is 2.38. The third-order valence-corrected chi connectivity index (χ3v) is 3.52. The molecule has 8 heteroatoms. The Morgan fingerprint density at radius 3 is 2.86 bits per heavy atom. The third-order valence-electron chi connectivity index (χ3n) is 3.14. The zero-order valence-corrected chi connectivity index (χ0v) is 12.1. The Morgan fingerprint density at radius 2 is 2.14 bits per heavy atom. The van der Waals surface area contributed by atoms with Gasteiger partial charge in [0.25, 0.3) is 0 Å². The molecule has 1 aromatic heterocycles. The van der Waals surface area contributed by atoms with Gasteiger partial charge in [0.05, 0.1) is 17.8 Å². The fourth-order valence-electron chi connectivity index (χ4n) is 2.03. The maximum absolute atomic E-state index is 14.4. The van der Waals surface area contributed by atoms with Gasteiger partial charge in [-0.1, -0.05) is 11.6 Å². The molecule has 2 N–H and O–H groups in total. The van der Waals surface area contributed by atoms with Crippen LogP contribution in [0.2, 0.25) is 5.02 Å². The molecule has 1 aromatic carbocycles. The van der Waals surface area contributed by atoms with Gasteiger partial charge in [0, 0.05) is 5.56 Å². The van der Waals surface area contributed by atoms with E-state index < -0.39 is 11.8 Å². The van der Waals surface area contributed by atoms with Crippen LogP contribution in [-0.4, -0.2) is 24.9 Å². The van der Waals surface area contributed by atoms with Crippen LogP contribution in [0.3, 0.4) is 0 Å². The zero-order valence-electron chi connectivity index (χ0n) is 11.4. The van der Waals surface area contributed by atoms with Gasteiger partial charge in [-0.2, -0.15) is 0 Å². The van der Waals surface area contributed by atoms with Crippen LogP contribution in [0.1, 0.15) is 10.5 Å². The summed E-state index contributed by atoms with van der Waals surface area (Å²) in [5, 5.41) is -0.283. The zero-order chi connectivity index (χ0) is 15.9. The number of benzene rings is 1. The van der Waals surface area contributed by atoms with Crippen molar-refractivity contribution < 1.29 is 23.4 Å². The fourth-order valence-corrected chi connectivity index (χ4v) is 2.23. The van der Waals surface area contributed by atoms with Gasteiger partial charge < -0.3 is 19.9 Å². The minimum atomic E-state index is -0.823. The lowest BCUT2D eigenvalue weighted by atomic mass is 10.1. The molecule has 0 atom stereocenters. The van der Waals surface area contributed by atoms with Crippen molar-refractivity contribution in [3.05, 3.63) is 34.7 Å². The van der Waals surface area contributed by atoms with Gasteiger partial charge in [-0.05, 0) is 18.2 Å². The van der Waals surface area contributed by atoms with Gasteiger partial charge in [0.1, 0.15) is 5.69 Å². The van der Waals surface area contributed by atoms with Crippen molar-refractivity contribution in [3.8, 4) is 22.8 Å². The molecule has 0 bridgehead atoms. The number of carbonyl (C=O) groups excluding carboxylic acids is 1. The van der Waals surface area contributed by atoms with E-state index in [1.54, 1.807) is 18.2 Å². The highest BCUT2D eigenvalue weighted by Gasteiger charge is 2.24. The van der Waals surface area contributed by atoms with Crippen molar-refractivity contribution in [2.75, 3.05) is 19.6 Å². The van der Waals surface area contributed by atoms with Gasteiger partial charge in [-0.15, -0.1) is 0 Å². The van der Waals surface area contributed by atoms with Crippen LogP contribution in [0.15, 0.2) is 18.2 Å². The number of hydrogen-bond donors (Lipinski definition) is 1. The quantitative estimate of drug-likeness (QED) is 0.855. The highest BCUT2D eigenvalue weighted by molar-refractivity contribution is 6.35. The molecule has 0 radical (unpaired) electrons. The Balaban J connectivity index is 2.18. The normalized spacial score (nSPS) is 12.3. The van der Waals surface area contributed by atoms with Crippen molar-refractivity contribution in [2.45, 2.75) is 0 Å². The molecule has 6 nitrogen and oxygen atoms in total. The molecule has 3 rings (SSSR count). The number of nitrogens with two attached hydrogens (primary N) is 1. The van der Waals surface area contributed by atoms with E-state index in [4.69, 9.17) is 26.8 Å². The Morgan fingerprint density at radius 1 is 1.41 bits per heavy atom. The van der Waals surface area contributed by atoms with Crippen LogP contribution >= 0.6 is 11.6 Å². The molecule has 1 aliphatic heterocycles. The molecule has 0 unspecified atom stereocenters. The summed E-state index contributed by atoms with van der Waals surface area (Å²) in [6.07, 6.45) is 0. The lowest BCUT2D eigenvalue weighted by Gasteiger charge is -2.10. The summed E-state index contributed by atoms with van der Waals surface area (Å²) >= 11 is 5.85. The molecule has 0 saturated carbocycles. The van der Waals surface area contributed by atoms with Crippen LogP contribution < -0.4 is 15.2 Å². The first-order valence-corrected chi connectivity index (χ1v) is 6.53. The first-order valence-electron chi connectivity index (χ1n) is 6.15. The Kier molecular flexibility index (Phi) is 3.50. The molecule has 2 heterocycles. The number of carbonyl (C=O) groups is 1. The van der Waals surface area contributed by atoms with Crippen LogP contribution in [0, 0.1) is 5.82 Å². The van der Waals surface area contributed by atoms with Gasteiger partial charge in [0.2, 0.25) is 6.79 Å². The smallest absolute Gasteiger partial charge is 0.358 e. The van der Waals surface area contributed by atoms with Crippen LogP contribution in [0.25, 0.3) is 11.3 Å². The third kappa shape index (κ3) is 2.19. The predicted octanol–water partition coefficient (Wildman–Crippen LogP) is 2.64. The molecule has 114 valence electrons. The van der Waals surface area contributed by atoms with E-state index in [0.29, 0.717) is 17.1 Å². The van der Waals surface area contributed by atoms with E-state index in [1.165, 1.54) is 7.11 Å². The number of nitrogens with zero attached hydrogens (tertiary/aromatic N) is 1. The topological polar surface area (TPSA) is 83.7 Å². The molecule has 0 fully saturated rings. The summed E-state index contributed by atoms with van der Waals surface area (Å²) in [6, 6.07) is 4.73. The summed E-state index contributed by atoms with van der Waals surface area (Å²) < 4.78 is 29.3. The van der Waals surface area contributed by atoms with Crippen molar-refractivity contribution in [2.24, 2.45) is 0 Å². The van der Waals surface area contributed by atoms with Crippen molar-refractivity contribution in [1.29, 1.82) is 0 Å². The van der Waals surface area contributed by atoms with Crippen LogP contribution in [0.4, 0.5) is 10.1 Å². The minimum absolute atomic E-state index is 0.0882. The SMILES string of the molecule is COC(=O)c1nc(-c2ccc3c(c2)OCO3)c(F)c(N)c1Cl. The Labute approximate surface area is 129 Å². The standard InChI is InChI=1S/C14H10ClFN2O4/c1-20-14(19)13-9(15)11(17)10(16)12(18-13)6-2-3-7-8(4-6)22-5-21-7/h2-4H,5H2,1H3,(H2,17,18). The first kappa shape index (κ1) is 14.4. The second-order valence-electron chi connectivity index (χ2n) is 4.41. The second kappa shape index (κ2) is 5.34. The number of hydrogen-bond acceptors (Lipinski definition) is 6. The number of methoxy groups -OCH3 is 1. The number of pyridine rings is 1. The molecule has 0 aliphatic carbocycles. The van der Waals surface area contributed by atoms with Crippen molar-refractivity contribution >= 4 is 23.3 Å². The number of rotatable bonds is 2. The van der Waals surface area contributed by atoms with E-state index in [0.717, 1.165) is 0 Å². The van der Waals surface area contributed by atoms with E-state index in [-0.39, 0.29) is 28.9 Å². The van der Waals surface area contributed by atoms with E-state index >= 15 is 0 Å². The molecule has 0 spiro atoms. The number of nitrogen functional groups attached to an aromatic ring is 1. The van der Waals surface area contributed by atoms with Crippen LogP contribution in [0.5, 0.6) is 11.5 Å².